The number of hydrogen-bond acceptors (Lipinski definition) is 4. The maximum absolute atomic E-state index is 11.3. The van der Waals surface area contributed by atoms with Gasteiger partial charge in [-0.25, -0.2) is 14.9 Å². The molecule has 0 aromatic heterocycles. The summed E-state index contributed by atoms with van der Waals surface area (Å²) in [6, 6.07) is 7.65. The van der Waals surface area contributed by atoms with Gasteiger partial charge >= 0.3 is 5.97 Å². The number of unbranched alkanes of at least 4 members (excludes halogenated alkanes) is 1. The van der Waals surface area contributed by atoms with Gasteiger partial charge in [-0.05, 0) is 31.4 Å². The van der Waals surface area contributed by atoms with Gasteiger partial charge in [-0.3, -0.25) is 0 Å². The van der Waals surface area contributed by atoms with Crippen LogP contribution in [0.3, 0.4) is 0 Å². The van der Waals surface area contributed by atoms with Crippen molar-refractivity contribution < 1.29 is 14.9 Å². The van der Waals surface area contributed by atoms with Gasteiger partial charge in [0.25, 0.3) is 0 Å². The Kier molecular flexibility index (Phi) is 6.45. The number of nitrogens with zero attached hydrogens (tertiary/aromatic N) is 2. The topological polar surface area (TPSA) is 110 Å². The molecule has 0 saturated heterocycles. The summed E-state index contributed by atoms with van der Waals surface area (Å²) >= 11 is 0. The highest BCUT2D eigenvalue weighted by Crippen LogP contribution is 2.14. The summed E-state index contributed by atoms with van der Waals surface area (Å²) in [5, 5.41) is 20.4. The van der Waals surface area contributed by atoms with E-state index in [1.165, 1.54) is 0 Å². The minimum Gasteiger partial charge on any atom is -0.480 e. The highest BCUT2D eigenvalue weighted by atomic mass is 16.7. The zero-order valence-electron chi connectivity index (χ0n) is 11.1. The van der Waals surface area contributed by atoms with Crippen LogP contribution in [0.25, 0.3) is 0 Å². The largest absolute Gasteiger partial charge is 0.480 e. The molecule has 0 amide bonds. The second kappa shape index (κ2) is 8.11. The Bertz CT molecular complexity index is 439. The first kappa shape index (κ1) is 15.9. The summed E-state index contributed by atoms with van der Waals surface area (Å²) in [5.41, 5.74) is 6.06. The molecular formula is C13H19N3O4. The monoisotopic (exact) mass is 281 g/mol. The van der Waals surface area contributed by atoms with Gasteiger partial charge in [0.15, 0.2) is 11.1 Å². The highest BCUT2D eigenvalue weighted by Gasteiger charge is 2.32. The Balaban J connectivity index is 2.80. The minimum atomic E-state index is -1.19. The van der Waals surface area contributed by atoms with E-state index in [2.05, 4.69) is 0 Å². The van der Waals surface area contributed by atoms with Crippen molar-refractivity contribution in [3.63, 3.8) is 0 Å². The van der Waals surface area contributed by atoms with Crippen LogP contribution >= 0.6 is 0 Å². The van der Waals surface area contributed by atoms with Crippen molar-refractivity contribution in [1.82, 2.24) is 5.01 Å². The molecule has 1 aromatic rings. The number of carboxylic acids is 1. The minimum absolute atomic E-state index is 0.0343. The summed E-state index contributed by atoms with van der Waals surface area (Å²) < 4.78 is 0. The average Bonchev–Trinajstić information content (AvgIpc) is 2.42. The third-order valence-electron chi connectivity index (χ3n) is 2.97. The number of aliphatic carboxylic acids is 1. The molecule has 0 unspecified atom stereocenters. The Morgan fingerprint density at radius 1 is 1.35 bits per heavy atom. The molecule has 0 radical (unpaired) electrons. The molecule has 0 aliphatic carbocycles. The predicted octanol–water partition coefficient (Wildman–Crippen LogP) is 1.26. The molecule has 3 N–H and O–H groups in total. The van der Waals surface area contributed by atoms with Crippen molar-refractivity contribution in [2.45, 2.75) is 31.8 Å². The summed E-state index contributed by atoms with van der Waals surface area (Å²) in [6.07, 6.45) is 1.41. The molecule has 0 fully saturated rings. The SMILES string of the molecule is NCCCC[C@@H](C(=O)O)N(Cc1ccccc1)[N+](=O)[O-]. The van der Waals surface area contributed by atoms with Crippen molar-refractivity contribution in [2.24, 2.45) is 5.73 Å². The van der Waals surface area contributed by atoms with Crippen LogP contribution in [0.15, 0.2) is 30.3 Å². The molecule has 1 aromatic carbocycles. The molecule has 7 heteroatoms. The maximum Gasteiger partial charge on any atom is 0.332 e. The van der Waals surface area contributed by atoms with Crippen molar-refractivity contribution >= 4 is 5.97 Å². The van der Waals surface area contributed by atoms with Crippen LogP contribution in [0, 0.1) is 10.1 Å². The maximum atomic E-state index is 11.3. The second-order valence-corrected chi connectivity index (χ2v) is 4.46. The molecule has 0 aliphatic rings. The van der Waals surface area contributed by atoms with Crippen molar-refractivity contribution in [3.05, 3.63) is 46.0 Å². The van der Waals surface area contributed by atoms with Crippen LogP contribution in [0.4, 0.5) is 0 Å². The number of carbonyl (C=O) groups is 1. The van der Waals surface area contributed by atoms with Gasteiger partial charge in [-0.15, -0.1) is 5.01 Å². The van der Waals surface area contributed by atoms with E-state index in [4.69, 9.17) is 5.73 Å². The van der Waals surface area contributed by atoms with Gasteiger partial charge in [-0.1, -0.05) is 30.3 Å². The van der Waals surface area contributed by atoms with Gasteiger partial charge in [-0.2, -0.15) is 0 Å². The summed E-state index contributed by atoms with van der Waals surface area (Å²) in [5.74, 6) is -1.19. The molecule has 0 saturated carbocycles. The van der Waals surface area contributed by atoms with Gasteiger partial charge in [0.2, 0.25) is 0 Å². The number of hydrazine groups is 1. The average molecular weight is 281 g/mol. The zero-order chi connectivity index (χ0) is 15.0. The van der Waals surface area contributed by atoms with Crippen molar-refractivity contribution in [3.8, 4) is 0 Å². The number of nitrogens with two attached hydrogens (primary N) is 1. The standard InChI is InChI=1S/C13H19N3O4/c14-9-5-4-8-12(13(17)18)15(16(19)20)10-11-6-2-1-3-7-11/h1-3,6-7,12H,4-5,8-10,14H2,(H,17,18)/t12-/m0/s1. The lowest BCUT2D eigenvalue weighted by Gasteiger charge is -2.21. The number of hydrogen-bond donors (Lipinski definition) is 2. The summed E-state index contributed by atoms with van der Waals surface area (Å²) in [6.45, 7) is 0.414. The Hall–Kier alpha value is -2.15. The van der Waals surface area contributed by atoms with E-state index in [1.54, 1.807) is 30.3 Å². The van der Waals surface area contributed by atoms with Crippen LogP contribution in [0.5, 0.6) is 0 Å². The van der Waals surface area contributed by atoms with Crippen molar-refractivity contribution in [2.75, 3.05) is 6.54 Å². The third kappa shape index (κ3) is 4.85. The normalized spacial score (nSPS) is 11.8. The van der Waals surface area contributed by atoms with Gasteiger partial charge in [0.1, 0.15) is 6.54 Å². The van der Waals surface area contributed by atoms with E-state index >= 15 is 0 Å². The van der Waals surface area contributed by atoms with Crippen LogP contribution in [-0.4, -0.2) is 33.7 Å². The number of benzene rings is 1. The van der Waals surface area contributed by atoms with E-state index in [9.17, 15) is 20.0 Å². The molecule has 0 bridgehead atoms. The molecule has 0 aliphatic heterocycles. The molecule has 1 rings (SSSR count). The molecular weight excluding hydrogens is 262 g/mol. The first-order chi connectivity index (χ1) is 9.56. The summed E-state index contributed by atoms with van der Waals surface area (Å²) in [7, 11) is 0. The van der Waals surface area contributed by atoms with E-state index in [-0.39, 0.29) is 13.0 Å². The lowest BCUT2D eigenvalue weighted by atomic mass is 10.1. The van der Waals surface area contributed by atoms with Crippen LogP contribution in [-0.2, 0) is 11.3 Å². The first-order valence-corrected chi connectivity index (χ1v) is 6.44. The number of carboxylic acid groups (broad SMARTS) is 1. The third-order valence-corrected chi connectivity index (χ3v) is 2.97. The Morgan fingerprint density at radius 2 is 2.00 bits per heavy atom. The van der Waals surface area contributed by atoms with E-state index in [0.717, 1.165) is 5.01 Å². The van der Waals surface area contributed by atoms with Crippen LogP contribution in [0.2, 0.25) is 0 Å². The smallest absolute Gasteiger partial charge is 0.332 e. The van der Waals surface area contributed by atoms with Crippen molar-refractivity contribution in [1.29, 1.82) is 0 Å². The predicted molar refractivity (Wildman–Crippen MR) is 73.3 cm³/mol. The van der Waals surface area contributed by atoms with Gasteiger partial charge in [0, 0.05) is 0 Å². The van der Waals surface area contributed by atoms with Gasteiger partial charge < -0.3 is 10.8 Å². The number of nitro groups is 1. The lowest BCUT2D eigenvalue weighted by Crippen LogP contribution is -2.44. The fourth-order valence-electron chi connectivity index (χ4n) is 1.93. The quantitative estimate of drug-likeness (QED) is 0.400. The van der Waals surface area contributed by atoms with E-state index in [0.29, 0.717) is 24.9 Å². The zero-order valence-corrected chi connectivity index (χ0v) is 11.1. The second-order valence-electron chi connectivity index (χ2n) is 4.46. The lowest BCUT2D eigenvalue weighted by molar-refractivity contribution is -0.665. The number of rotatable bonds is 9. The van der Waals surface area contributed by atoms with Crippen LogP contribution in [0.1, 0.15) is 24.8 Å². The van der Waals surface area contributed by atoms with E-state index < -0.39 is 17.0 Å². The molecule has 20 heavy (non-hydrogen) atoms. The molecule has 1 atom stereocenters. The fourth-order valence-corrected chi connectivity index (χ4v) is 1.93. The first-order valence-electron chi connectivity index (χ1n) is 6.44. The highest BCUT2D eigenvalue weighted by molar-refractivity contribution is 5.73. The van der Waals surface area contributed by atoms with E-state index in [1.807, 2.05) is 0 Å². The van der Waals surface area contributed by atoms with Crippen LogP contribution < -0.4 is 5.73 Å². The fraction of sp³-hybridized carbons (Fsp3) is 0.462. The Labute approximate surface area is 117 Å². The molecule has 7 nitrogen and oxygen atoms in total. The molecule has 0 heterocycles. The molecule has 110 valence electrons. The molecule has 0 spiro atoms. The summed E-state index contributed by atoms with van der Waals surface area (Å²) in [4.78, 5) is 22.4. The van der Waals surface area contributed by atoms with Gasteiger partial charge in [0.05, 0.1) is 0 Å². The Morgan fingerprint density at radius 3 is 2.50 bits per heavy atom.